The Morgan fingerprint density at radius 3 is 3.00 bits per heavy atom. The predicted octanol–water partition coefficient (Wildman–Crippen LogP) is 4.03. The van der Waals surface area contributed by atoms with Crippen molar-refractivity contribution in [2.75, 3.05) is 5.73 Å². The number of thiophene rings is 1. The van der Waals surface area contributed by atoms with Crippen LogP contribution in [0.4, 0.5) is 5.69 Å². The molecule has 1 heterocycles. The van der Waals surface area contributed by atoms with Crippen LogP contribution in [0.15, 0.2) is 17.5 Å². The largest absolute Gasteiger partial charge is 0.398 e. The standard InChI is InChI=1S/C9H7BrClNS/c10-4-6-7(12)3-8-5(9(6)11)1-2-13-8/h1-3H,4,12H2. The number of nitrogens with two attached hydrogens (primary N) is 1. The first-order chi connectivity index (χ1) is 6.24. The molecule has 0 spiro atoms. The van der Waals surface area contributed by atoms with Crippen molar-refractivity contribution >= 4 is 54.6 Å². The molecule has 0 unspecified atom stereocenters. The Kier molecular flexibility index (Phi) is 2.49. The maximum atomic E-state index is 6.19. The highest BCUT2D eigenvalue weighted by molar-refractivity contribution is 9.08. The van der Waals surface area contributed by atoms with E-state index in [1.54, 1.807) is 11.3 Å². The number of rotatable bonds is 1. The van der Waals surface area contributed by atoms with Crippen LogP contribution in [-0.4, -0.2) is 0 Å². The lowest BCUT2D eigenvalue weighted by atomic mass is 10.1. The molecule has 0 bridgehead atoms. The maximum Gasteiger partial charge on any atom is 0.0553 e. The molecule has 2 aromatic rings. The summed E-state index contributed by atoms with van der Waals surface area (Å²) in [6.07, 6.45) is 0. The Balaban J connectivity index is 2.85. The quantitative estimate of drug-likeness (QED) is 0.617. The van der Waals surface area contributed by atoms with Crippen LogP contribution in [0, 0.1) is 0 Å². The summed E-state index contributed by atoms with van der Waals surface area (Å²) in [5.41, 5.74) is 7.59. The first-order valence-corrected chi connectivity index (χ1v) is 6.12. The molecule has 68 valence electrons. The first-order valence-electron chi connectivity index (χ1n) is 3.74. The Bertz CT molecular complexity index is 452. The van der Waals surface area contributed by atoms with Crippen molar-refractivity contribution in [3.05, 3.63) is 28.1 Å². The van der Waals surface area contributed by atoms with E-state index < -0.39 is 0 Å². The van der Waals surface area contributed by atoms with Gasteiger partial charge in [-0.25, -0.2) is 0 Å². The molecule has 1 nitrogen and oxygen atoms in total. The molecule has 2 rings (SSSR count). The minimum Gasteiger partial charge on any atom is -0.398 e. The lowest BCUT2D eigenvalue weighted by Gasteiger charge is -2.05. The zero-order valence-electron chi connectivity index (χ0n) is 6.68. The number of benzene rings is 1. The second-order valence-corrected chi connectivity index (χ2v) is 4.61. The lowest BCUT2D eigenvalue weighted by molar-refractivity contribution is 1.47. The fourth-order valence-electron chi connectivity index (χ4n) is 1.27. The third kappa shape index (κ3) is 1.45. The van der Waals surface area contributed by atoms with Gasteiger partial charge in [-0.1, -0.05) is 27.5 Å². The summed E-state index contributed by atoms with van der Waals surface area (Å²) >= 11 is 11.2. The normalized spacial score (nSPS) is 10.9. The third-order valence-electron chi connectivity index (χ3n) is 1.97. The number of alkyl halides is 1. The number of anilines is 1. The molecule has 1 aromatic carbocycles. The zero-order valence-corrected chi connectivity index (χ0v) is 9.84. The average Bonchev–Trinajstić information content (AvgIpc) is 2.53. The summed E-state index contributed by atoms with van der Waals surface area (Å²) < 4.78 is 1.15. The van der Waals surface area contributed by atoms with E-state index in [-0.39, 0.29) is 0 Å². The molecular weight excluding hydrogens is 270 g/mol. The summed E-state index contributed by atoms with van der Waals surface area (Å²) in [6, 6.07) is 4.00. The van der Waals surface area contributed by atoms with E-state index >= 15 is 0 Å². The molecule has 2 N–H and O–H groups in total. The van der Waals surface area contributed by atoms with Crippen LogP contribution in [0.3, 0.4) is 0 Å². The number of hydrogen-bond acceptors (Lipinski definition) is 2. The van der Waals surface area contributed by atoms with Gasteiger partial charge in [0.2, 0.25) is 0 Å². The molecule has 0 fully saturated rings. The third-order valence-corrected chi connectivity index (χ3v) is 3.82. The molecule has 0 amide bonds. The minimum absolute atomic E-state index is 0.698. The second-order valence-electron chi connectivity index (χ2n) is 2.72. The highest BCUT2D eigenvalue weighted by Crippen LogP contribution is 2.35. The summed E-state index contributed by atoms with van der Waals surface area (Å²) in [6.45, 7) is 0. The van der Waals surface area contributed by atoms with Crippen molar-refractivity contribution in [3.63, 3.8) is 0 Å². The maximum absolute atomic E-state index is 6.19. The van der Waals surface area contributed by atoms with Gasteiger partial charge in [0.25, 0.3) is 0 Å². The van der Waals surface area contributed by atoms with E-state index in [9.17, 15) is 0 Å². The van der Waals surface area contributed by atoms with Crippen LogP contribution >= 0.6 is 38.9 Å². The number of halogens is 2. The molecular formula is C9H7BrClNS. The van der Waals surface area contributed by atoms with Crippen LogP contribution in [0.2, 0.25) is 5.02 Å². The first kappa shape index (κ1) is 9.31. The monoisotopic (exact) mass is 275 g/mol. The molecule has 0 saturated heterocycles. The van der Waals surface area contributed by atoms with Gasteiger partial charge in [-0.2, -0.15) is 0 Å². The molecule has 1 aromatic heterocycles. The zero-order chi connectivity index (χ0) is 9.42. The van der Waals surface area contributed by atoms with Crippen molar-refractivity contribution in [1.29, 1.82) is 0 Å². The van der Waals surface area contributed by atoms with Crippen LogP contribution in [0.25, 0.3) is 10.1 Å². The molecule has 0 aliphatic heterocycles. The summed E-state index contributed by atoms with van der Waals surface area (Å²) in [5.74, 6) is 0. The van der Waals surface area contributed by atoms with Crippen molar-refractivity contribution in [2.24, 2.45) is 0 Å². The Hall–Kier alpha value is -0.250. The van der Waals surface area contributed by atoms with E-state index in [1.165, 1.54) is 0 Å². The van der Waals surface area contributed by atoms with Gasteiger partial charge in [-0.05, 0) is 17.5 Å². The van der Waals surface area contributed by atoms with Crippen LogP contribution in [0.5, 0.6) is 0 Å². The fourth-order valence-corrected chi connectivity index (χ4v) is 3.27. The van der Waals surface area contributed by atoms with Crippen molar-refractivity contribution in [1.82, 2.24) is 0 Å². The highest BCUT2D eigenvalue weighted by Gasteiger charge is 2.09. The topological polar surface area (TPSA) is 26.0 Å². The number of nitrogen functional groups attached to an aromatic ring is 1. The highest BCUT2D eigenvalue weighted by atomic mass is 79.9. The van der Waals surface area contributed by atoms with Gasteiger partial charge in [-0.3, -0.25) is 0 Å². The van der Waals surface area contributed by atoms with E-state index in [4.69, 9.17) is 17.3 Å². The molecule has 0 aliphatic carbocycles. The molecule has 4 heteroatoms. The van der Waals surface area contributed by atoms with Crippen molar-refractivity contribution in [2.45, 2.75) is 5.33 Å². The summed E-state index contributed by atoms with van der Waals surface area (Å²) in [7, 11) is 0. The van der Waals surface area contributed by atoms with Gasteiger partial charge in [-0.15, -0.1) is 11.3 Å². The number of hydrogen-bond donors (Lipinski definition) is 1. The van der Waals surface area contributed by atoms with E-state index in [0.717, 1.165) is 26.4 Å². The van der Waals surface area contributed by atoms with Crippen molar-refractivity contribution in [3.8, 4) is 0 Å². The summed E-state index contributed by atoms with van der Waals surface area (Å²) in [5, 5.41) is 4.58. The second kappa shape index (κ2) is 3.48. The number of fused-ring (bicyclic) bond motifs is 1. The van der Waals surface area contributed by atoms with Gasteiger partial charge in [0.05, 0.1) is 5.02 Å². The molecule has 0 radical (unpaired) electrons. The van der Waals surface area contributed by atoms with Gasteiger partial charge in [0.1, 0.15) is 0 Å². The van der Waals surface area contributed by atoms with E-state index in [2.05, 4.69) is 15.9 Å². The summed E-state index contributed by atoms with van der Waals surface area (Å²) in [4.78, 5) is 0. The minimum atomic E-state index is 0.698. The average molecular weight is 277 g/mol. The Labute approximate surface area is 93.6 Å². The predicted molar refractivity (Wildman–Crippen MR) is 63.9 cm³/mol. The molecule has 13 heavy (non-hydrogen) atoms. The van der Waals surface area contributed by atoms with Gasteiger partial charge >= 0.3 is 0 Å². The Morgan fingerprint density at radius 1 is 1.54 bits per heavy atom. The van der Waals surface area contributed by atoms with Gasteiger partial charge in [0.15, 0.2) is 0 Å². The molecule has 0 atom stereocenters. The van der Waals surface area contributed by atoms with Crippen LogP contribution < -0.4 is 5.73 Å². The Morgan fingerprint density at radius 2 is 2.31 bits per heavy atom. The van der Waals surface area contributed by atoms with Gasteiger partial charge in [0, 0.05) is 26.7 Å². The van der Waals surface area contributed by atoms with Gasteiger partial charge < -0.3 is 5.73 Å². The van der Waals surface area contributed by atoms with Crippen LogP contribution in [-0.2, 0) is 5.33 Å². The molecule has 0 saturated carbocycles. The van der Waals surface area contributed by atoms with Crippen molar-refractivity contribution < 1.29 is 0 Å². The lowest BCUT2D eigenvalue weighted by Crippen LogP contribution is -1.92. The molecule has 0 aliphatic rings. The van der Waals surface area contributed by atoms with E-state index in [1.807, 2.05) is 17.5 Å². The smallest absolute Gasteiger partial charge is 0.0553 e. The SMILES string of the molecule is Nc1cc2sccc2c(Cl)c1CBr. The van der Waals surface area contributed by atoms with E-state index in [0.29, 0.717) is 5.33 Å². The fraction of sp³-hybridized carbons (Fsp3) is 0.111. The van der Waals surface area contributed by atoms with Crippen LogP contribution in [0.1, 0.15) is 5.56 Å².